The van der Waals surface area contributed by atoms with Crippen molar-refractivity contribution in [3.05, 3.63) is 216 Å². The predicted octanol–water partition coefficient (Wildman–Crippen LogP) is 42.0. The molecule has 19 nitrogen and oxygen atoms in total. The summed E-state index contributed by atoms with van der Waals surface area (Å²) in [6, 6.07) is 25.0. The lowest BCUT2D eigenvalue weighted by atomic mass is 10.3. The second kappa shape index (κ2) is 331. The molecule has 10 rings (SSSR count). The van der Waals surface area contributed by atoms with Gasteiger partial charge in [-0.05, 0) is 95.6 Å². The van der Waals surface area contributed by atoms with Crippen LogP contribution in [-0.4, -0.2) is 105 Å². The predicted molar refractivity (Wildman–Crippen MR) is 648 cm³/mol. The van der Waals surface area contributed by atoms with Gasteiger partial charge in [-0.3, -0.25) is 30.0 Å². The van der Waals surface area contributed by atoms with Crippen molar-refractivity contribution in [2.75, 3.05) is 6.67 Å². The summed E-state index contributed by atoms with van der Waals surface area (Å²) < 4.78 is 0. The zero-order valence-electron chi connectivity index (χ0n) is 106. The third-order valence-corrected chi connectivity index (χ3v) is 4.73. The molecule has 2 N–H and O–H groups in total. The quantitative estimate of drug-likeness (QED) is 0.143. The minimum atomic E-state index is 0.639. The van der Waals surface area contributed by atoms with Crippen molar-refractivity contribution in [3.63, 3.8) is 0 Å². The highest BCUT2D eigenvalue weighted by Gasteiger charge is 1.75. The molecule has 1 aromatic carbocycles. The zero-order valence-corrected chi connectivity index (χ0v) is 106. The Hall–Kier alpha value is -8.61. The van der Waals surface area contributed by atoms with E-state index in [0.717, 1.165) is 59.2 Å². The number of hydrogen-bond acceptors (Lipinski definition) is 17. The normalized spacial score (nSPS) is 7.18. The Balaban J connectivity index is -0.0000000309. The van der Waals surface area contributed by atoms with Crippen LogP contribution in [0.25, 0.3) is 0 Å². The number of imidazole rings is 1. The van der Waals surface area contributed by atoms with Crippen LogP contribution in [0.15, 0.2) is 226 Å². The van der Waals surface area contributed by atoms with Crippen molar-refractivity contribution in [2.24, 2.45) is 69.2 Å². The van der Waals surface area contributed by atoms with E-state index in [-0.39, 0.29) is 0 Å². The van der Waals surface area contributed by atoms with Gasteiger partial charge in [0, 0.05) is 105 Å². The molecule has 9 heterocycles. The fraction of sp³-hybridized carbons (Fsp3) is 0.686. The average molecular weight is 1950 g/mol. The number of aromatic nitrogens is 17. The van der Waals surface area contributed by atoms with Crippen LogP contribution in [-0.2, 0) is 0 Å². The highest BCUT2D eigenvalue weighted by atomic mass is 15.1. The first kappa shape index (κ1) is 215. The van der Waals surface area contributed by atoms with E-state index in [2.05, 4.69) is 303 Å². The van der Waals surface area contributed by atoms with Gasteiger partial charge in [0.25, 0.3) is 0 Å². The molecule has 0 radical (unpaired) electrons. The number of benzene rings is 1. The van der Waals surface area contributed by atoms with Gasteiger partial charge in [0.15, 0.2) is 0 Å². The van der Waals surface area contributed by atoms with Crippen molar-refractivity contribution in [3.8, 4) is 0 Å². The van der Waals surface area contributed by atoms with E-state index in [4.69, 9.17) is 0 Å². The summed E-state index contributed by atoms with van der Waals surface area (Å²) >= 11 is 0. The topological polar surface area (TPSA) is 250 Å². The number of pyridine rings is 1. The lowest BCUT2D eigenvalue weighted by Crippen LogP contribution is -1.75. The Morgan fingerprint density at radius 3 is 0.431 bits per heavy atom. The van der Waals surface area contributed by atoms with Crippen LogP contribution in [0.1, 0.15) is 485 Å². The average Bonchev–Trinajstić information content (AvgIpc) is 2.13. The largest absolute Gasteiger partial charge is 0.351 e. The Kier molecular flexibility index (Phi) is 520. The standard InChI is InChI=1S/C6H6.C5H5N.3C4H4N2.10C4H10.2C3H3N3.3C3H4N2.20C2H6/c2*1-2-4-6-5-3-1;1-2-6-4-3-5-1;1-2-5-4-6-3-1;1-2-4-6-5-3-1;10*1-4(2)3;1-4-2-6-3-5-1;1-2-5-6-3-4-1;2*1-2-5-3-4-1;1-2-4-5-3-1;20*1-2/h1-6H;1-5H;3*1-4H;10*4H,1-3H3;2*1-3H;1-2H,3H2;2*1-3H,(H,4,5);20*1-2H3. The van der Waals surface area contributed by atoms with Crippen LogP contribution < -0.4 is 0 Å². The highest BCUT2D eigenvalue weighted by molar-refractivity contribution is 6.17. The van der Waals surface area contributed by atoms with E-state index in [1.807, 2.05) is 350 Å². The first-order chi connectivity index (χ1) is 65.8. The first-order valence-corrected chi connectivity index (χ1v) is 53.7. The second-order valence-electron chi connectivity index (χ2n) is 26.1. The highest BCUT2D eigenvalue weighted by Crippen LogP contribution is 1.86. The number of aromatic amines is 2. The van der Waals surface area contributed by atoms with Crippen molar-refractivity contribution in [1.82, 2.24) is 85.4 Å². The van der Waals surface area contributed by atoms with Gasteiger partial charge in [-0.2, -0.15) is 20.4 Å². The SMILES string of the molecule is C1=NCN=C1.CC.CC.CC.CC.CC.CC.CC.CC.CC.CC.CC.CC.CC.CC.CC.CC.CC.CC.CC.CC.CC(C)C.CC(C)C.CC(C)C.CC(C)C.CC(C)C.CC(C)C.CC(C)C.CC(C)C.CC(C)C.CC(C)C.c1c[nH]cn1.c1ccccc1.c1ccncc1.c1ccnnc1.c1cn[nH]c1.c1cnccn1.c1cncnc1.c1cnncn1.c1ncncn1. The molecule has 828 valence electrons. The Morgan fingerprint density at radius 1 is 0.161 bits per heavy atom. The van der Waals surface area contributed by atoms with Gasteiger partial charge in [-0.1, -0.05) is 527 Å². The molecule has 0 amide bonds. The van der Waals surface area contributed by atoms with E-state index in [1.54, 1.807) is 118 Å². The van der Waals surface area contributed by atoms with Crippen molar-refractivity contribution in [2.45, 2.75) is 485 Å². The van der Waals surface area contributed by atoms with Crippen LogP contribution in [0.4, 0.5) is 0 Å². The van der Waals surface area contributed by atoms with Gasteiger partial charge >= 0.3 is 0 Å². The zero-order chi connectivity index (χ0) is 116. The van der Waals surface area contributed by atoms with E-state index in [0.29, 0.717) is 6.67 Å². The molecule has 0 fully saturated rings. The molecule has 0 saturated carbocycles. The monoisotopic (exact) mass is 1950 g/mol. The van der Waals surface area contributed by atoms with Crippen LogP contribution in [0.2, 0.25) is 0 Å². The van der Waals surface area contributed by atoms with Crippen LogP contribution >= 0.6 is 0 Å². The van der Waals surface area contributed by atoms with Gasteiger partial charge in [-0.15, -0.1) is 5.10 Å². The number of H-pyrrole nitrogens is 2. The maximum atomic E-state index is 3.78. The van der Waals surface area contributed by atoms with Crippen molar-refractivity contribution >= 4 is 12.4 Å². The molecule has 1 aliphatic heterocycles. The number of hydrogen-bond donors (Lipinski definition) is 2. The molecule has 8 aromatic heterocycles. The van der Waals surface area contributed by atoms with Gasteiger partial charge in [0.1, 0.15) is 38.3 Å². The molecule has 9 aromatic rings. The van der Waals surface area contributed by atoms with E-state index < -0.39 is 0 Å². The summed E-state index contributed by atoms with van der Waals surface area (Å²) in [5.41, 5.74) is 0. The van der Waals surface area contributed by atoms with E-state index >= 15 is 0 Å². The van der Waals surface area contributed by atoms with Gasteiger partial charge in [0.05, 0.1) is 12.5 Å². The number of aliphatic imine (C=N–C) groups is 2. The number of nitrogens with zero attached hydrogens (tertiary/aromatic N) is 17. The van der Waals surface area contributed by atoms with Crippen LogP contribution in [0.3, 0.4) is 0 Å². The summed E-state index contributed by atoms with van der Waals surface area (Å²) in [5.74, 6) is 8.33. The van der Waals surface area contributed by atoms with Gasteiger partial charge < -0.3 is 4.98 Å². The Morgan fingerprint density at radius 2 is 0.358 bits per heavy atom. The van der Waals surface area contributed by atoms with E-state index in [1.165, 1.54) is 37.8 Å². The van der Waals surface area contributed by atoms with Crippen molar-refractivity contribution in [1.29, 1.82) is 0 Å². The fourth-order valence-electron chi connectivity index (χ4n) is 2.53. The minimum Gasteiger partial charge on any atom is -0.351 e. The molecule has 19 heteroatoms. The molecule has 1 aliphatic rings. The van der Waals surface area contributed by atoms with E-state index in [9.17, 15) is 0 Å². The minimum absolute atomic E-state index is 0.639. The summed E-state index contributed by atoms with van der Waals surface area (Å²) in [4.78, 5) is 46.8. The molecule has 0 saturated heterocycles. The summed E-state index contributed by atoms with van der Waals surface area (Å²) in [6.07, 6.45) is 38.9. The fourth-order valence-corrected chi connectivity index (χ4v) is 2.53. The number of nitrogens with one attached hydrogen (secondary N) is 2. The summed E-state index contributed by atoms with van der Waals surface area (Å²) in [5, 5.41) is 20.2. The first-order valence-electron chi connectivity index (χ1n) is 53.7. The van der Waals surface area contributed by atoms with Gasteiger partial charge in [-0.25, -0.2) is 34.9 Å². The third kappa shape index (κ3) is 855. The molecule has 0 atom stereocenters. The number of rotatable bonds is 0. The lowest BCUT2D eigenvalue weighted by molar-refractivity contribution is 0.736. The molecule has 137 heavy (non-hydrogen) atoms. The molecule has 0 spiro atoms. The molecule has 0 aliphatic carbocycles. The molecular formula is C118H261N19. The maximum Gasteiger partial charge on any atom is 0.138 e. The summed E-state index contributed by atoms with van der Waals surface area (Å²) in [7, 11) is 0. The van der Waals surface area contributed by atoms with Crippen LogP contribution in [0.5, 0.6) is 0 Å². The second-order valence-corrected chi connectivity index (χ2v) is 26.1. The van der Waals surface area contributed by atoms with Crippen molar-refractivity contribution < 1.29 is 0 Å². The third-order valence-electron chi connectivity index (χ3n) is 4.73. The summed E-state index contributed by atoms with van der Waals surface area (Å²) in [6.45, 7) is 146. The van der Waals surface area contributed by atoms with Gasteiger partial charge in [0.2, 0.25) is 0 Å². The maximum absolute atomic E-state index is 3.78. The Bertz CT molecular complexity index is 1780. The molecular weight excluding hydrogens is 1680 g/mol. The van der Waals surface area contributed by atoms with Crippen LogP contribution in [0, 0.1) is 59.2 Å². The smallest absolute Gasteiger partial charge is 0.138 e. The molecule has 0 unspecified atom stereocenters. The molecule has 0 bridgehead atoms. The lowest BCUT2D eigenvalue weighted by Gasteiger charge is -1.79. The Labute approximate surface area is 869 Å².